The van der Waals surface area contributed by atoms with Crippen LogP contribution in [0.2, 0.25) is 0 Å². The van der Waals surface area contributed by atoms with Gasteiger partial charge in [-0.05, 0) is 37.4 Å². The molecule has 1 aromatic heterocycles. The van der Waals surface area contributed by atoms with E-state index in [-0.39, 0.29) is 6.04 Å². The molecule has 0 aliphatic carbocycles. The van der Waals surface area contributed by atoms with Gasteiger partial charge in [-0.25, -0.2) is 0 Å². The Morgan fingerprint density at radius 1 is 1.35 bits per heavy atom. The Bertz CT molecular complexity index is 547. The average Bonchev–Trinajstić information content (AvgIpc) is 2.84. The number of hydrogen-bond acceptors (Lipinski definition) is 3. The summed E-state index contributed by atoms with van der Waals surface area (Å²) in [5.41, 5.74) is 2.19. The number of aryl methyl sites for hydroxylation is 1. The fourth-order valence-electron chi connectivity index (χ4n) is 2.70. The summed E-state index contributed by atoms with van der Waals surface area (Å²) in [5.74, 6) is 1.53. The third kappa shape index (κ3) is 3.41. The van der Waals surface area contributed by atoms with Crippen LogP contribution < -0.4 is 5.32 Å². The quantitative estimate of drug-likeness (QED) is 0.827. The third-order valence-electron chi connectivity index (χ3n) is 3.64. The van der Waals surface area contributed by atoms with Gasteiger partial charge in [-0.2, -0.15) is 0 Å². The molecule has 0 spiro atoms. The summed E-state index contributed by atoms with van der Waals surface area (Å²) in [6, 6.07) is 8.68. The fraction of sp³-hybridized carbons (Fsp3) is 0.529. The van der Waals surface area contributed by atoms with Crippen LogP contribution in [0.4, 0.5) is 0 Å². The van der Waals surface area contributed by atoms with Gasteiger partial charge in [0.25, 0.3) is 0 Å². The number of fused-ring (bicyclic) bond motifs is 1. The molecule has 1 heterocycles. The number of benzene rings is 1. The molecule has 3 heteroatoms. The molecule has 2 aromatic rings. The van der Waals surface area contributed by atoms with Gasteiger partial charge in [0.05, 0.1) is 6.04 Å². The first kappa shape index (κ1) is 15.1. The van der Waals surface area contributed by atoms with Crippen LogP contribution in [-0.2, 0) is 4.74 Å². The number of hydrogen-bond donors (Lipinski definition) is 1. The summed E-state index contributed by atoms with van der Waals surface area (Å²) in [5, 5.41) is 4.70. The van der Waals surface area contributed by atoms with Crippen molar-refractivity contribution < 1.29 is 9.15 Å². The van der Waals surface area contributed by atoms with E-state index in [0.29, 0.717) is 5.92 Å². The molecule has 2 unspecified atom stereocenters. The molecule has 2 atom stereocenters. The number of ether oxygens (including phenoxy) is 1. The highest BCUT2D eigenvalue weighted by Crippen LogP contribution is 2.29. The van der Waals surface area contributed by atoms with E-state index in [1.165, 1.54) is 10.9 Å². The van der Waals surface area contributed by atoms with Crippen LogP contribution in [-0.4, -0.2) is 20.3 Å². The van der Waals surface area contributed by atoms with E-state index in [1.807, 2.05) is 0 Å². The Balaban J connectivity index is 2.24. The largest absolute Gasteiger partial charge is 0.459 e. The zero-order valence-corrected chi connectivity index (χ0v) is 12.9. The fourth-order valence-corrected chi connectivity index (χ4v) is 2.70. The monoisotopic (exact) mass is 275 g/mol. The predicted octanol–water partition coefficient (Wildman–Crippen LogP) is 4.06. The lowest BCUT2D eigenvalue weighted by molar-refractivity contribution is 0.147. The van der Waals surface area contributed by atoms with Gasteiger partial charge in [0.15, 0.2) is 0 Å². The Morgan fingerprint density at radius 2 is 2.15 bits per heavy atom. The van der Waals surface area contributed by atoms with Gasteiger partial charge in [-0.15, -0.1) is 0 Å². The molecule has 0 aliphatic heterocycles. The third-order valence-corrected chi connectivity index (χ3v) is 3.64. The molecule has 1 aromatic carbocycles. The van der Waals surface area contributed by atoms with E-state index in [0.717, 1.165) is 30.9 Å². The molecule has 0 bridgehead atoms. The first-order valence-electron chi connectivity index (χ1n) is 7.37. The Kier molecular flexibility index (Phi) is 5.21. The van der Waals surface area contributed by atoms with Crippen molar-refractivity contribution in [2.24, 2.45) is 5.92 Å². The van der Waals surface area contributed by atoms with Gasteiger partial charge in [-0.3, -0.25) is 0 Å². The zero-order chi connectivity index (χ0) is 14.5. The molecule has 0 aliphatic rings. The molecule has 110 valence electrons. The minimum Gasteiger partial charge on any atom is -0.459 e. The number of nitrogens with one attached hydrogen (secondary N) is 1. The number of para-hydroxylation sites is 1. The molecule has 20 heavy (non-hydrogen) atoms. The molecule has 0 fully saturated rings. The number of furan rings is 1. The Hall–Kier alpha value is -1.32. The summed E-state index contributed by atoms with van der Waals surface area (Å²) in [4.78, 5) is 0. The van der Waals surface area contributed by atoms with Crippen LogP contribution in [0.15, 0.2) is 28.7 Å². The van der Waals surface area contributed by atoms with E-state index < -0.39 is 0 Å². The van der Waals surface area contributed by atoms with Crippen LogP contribution in [0.25, 0.3) is 11.0 Å². The van der Waals surface area contributed by atoms with Crippen LogP contribution in [0.1, 0.15) is 37.6 Å². The van der Waals surface area contributed by atoms with Gasteiger partial charge < -0.3 is 14.5 Å². The van der Waals surface area contributed by atoms with Crippen molar-refractivity contribution in [3.8, 4) is 0 Å². The van der Waals surface area contributed by atoms with Crippen molar-refractivity contribution in [2.75, 3.05) is 20.3 Å². The lowest BCUT2D eigenvalue weighted by Gasteiger charge is -2.19. The number of methoxy groups -OCH3 is 1. The zero-order valence-electron chi connectivity index (χ0n) is 12.9. The highest BCUT2D eigenvalue weighted by molar-refractivity contribution is 5.80. The summed E-state index contributed by atoms with van der Waals surface area (Å²) in [6.45, 7) is 8.14. The molecule has 0 saturated carbocycles. The van der Waals surface area contributed by atoms with Crippen molar-refractivity contribution in [2.45, 2.75) is 33.2 Å². The highest BCUT2D eigenvalue weighted by Gasteiger charge is 2.19. The molecular formula is C17H25NO2. The van der Waals surface area contributed by atoms with Crippen LogP contribution in [0.5, 0.6) is 0 Å². The van der Waals surface area contributed by atoms with Crippen molar-refractivity contribution >= 4 is 11.0 Å². The SMILES string of the molecule is CCNC(CC(C)COC)c1cc2cccc(C)c2o1. The molecule has 2 rings (SSSR count). The Morgan fingerprint density at radius 3 is 2.80 bits per heavy atom. The molecular weight excluding hydrogens is 250 g/mol. The number of rotatable bonds is 7. The summed E-state index contributed by atoms with van der Waals surface area (Å²) in [6.07, 6.45) is 1.01. The summed E-state index contributed by atoms with van der Waals surface area (Å²) < 4.78 is 11.3. The molecule has 3 nitrogen and oxygen atoms in total. The van der Waals surface area contributed by atoms with Crippen LogP contribution >= 0.6 is 0 Å². The standard InChI is InChI=1S/C17H25NO2/c1-5-18-15(9-12(2)11-19-4)16-10-14-8-6-7-13(3)17(14)20-16/h6-8,10,12,15,18H,5,9,11H2,1-4H3. The molecule has 1 N–H and O–H groups in total. The van der Waals surface area contributed by atoms with E-state index in [1.54, 1.807) is 7.11 Å². The second kappa shape index (κ2) is 6.91. The summed E-state index contributed by atoms with van der Waals surface area (Å²) >= 11 is 0. The smallest absolute Gasteiger partial charge is 0.137 e. The topological polar surface area (TPSA) is 34.4 Å². The van der Waals surface area contributed by atoms with Gasteiger partial charge in [0.1, 0.15) is 11.3 Å². The molecule has 0 amide bonds. The average molecular weight is 275 g/mol. The molecule has 0 saturated heterocycles. The lowest BCUT2D eigenvalue weighted by atomic mass is 10.0. The molecule has 0 radical (unpaired) electrons. The van der Waals surface area contributed by atoms with Crippen molar-refractivity contribution in [1.82, 2.24) is 5.32 Å². The van der Waals surface area contributed by atoms with E-state index in [2.05, 4.69) is 50.4 Å². The van der Waals surface area contributed by atoms with E-state index >= 15 is 0 Å². The van der Waals surface area contributed by atoms with Crippen LogP contribution in [0.3, 0.4) is 0 Å². The van der Waals surface area contributed by atoms with E-state index in [4.69, 9.17) is 9.15 Å². The predicted molar refractivity (Wildman–Crippen MR) is 83.0 cm³/mol. The van der Waals surface area contributed by atoms with Crippen molar-refractivity contribution in [3.05, 3.63) is 35.6 Å². The Labute approximate surface area is 121 Å². The van der Waals surface area contributed by atoms with Crippen molar-refractivity contribution in [3.63, 3.8) is 0 Å². The highest BCUT2D eigenvalue weighted by atomic mass is 16.5. The maximum absolute atomic E-state index is 6.09. The lowest BCUT2D eigenvalue weighted by Crippen LogP contribution is -2.23. The summed E-state index contributed by atoms with van der Waals surface area (Å²) in [7, 11) is 1.75. The minimum absolute atomic E-state index is 0.247. The second-order valence-electron chi connectivity index (χ2n) is 5.55. The van der Waals surface area contributed by atoms with E-state index in [9.17, 15) is 0 Å². The normalized spacial score (nSPS) is 14.6. The van der Waals surface area contributed by atoms with Gasteiger partial charge >= 0.3 is 0 Å². The maximum Gasteiger partial charge on any atom is 0.137 e. The first-order valence-corrected chi connectivity index (χ1v) is 7.37. The van der Waals surface area contributed by atoms with Crippen molar-refractivity contribution in [1.29, 1.82) is 0 Å². The van der Waals surface area contributed by atoms with Gasteiger partial charge in [0, 0.05) is 19.1 Å². The van der Waals surface area contributed by atoms with Crippen LogP contribution in [0, 0.1) is 12.8 Å². The maximum atomic E-state index is 6.09. The minimum atomic E-state index is 0.247. The van der Waals surface area contributed by atoms with Gasteiger partial charge in [-0.1, -0.05) is 32.0 Å². The van der Waals surface area contributed by atoms with Gasteiger partial charge in [0.2, 0.25) is 0 Å². The second-order valence-corrected chi connectivity index (χ2v) is 5.55. The first-order chi connectivity index (χ1) is 9.65.